The lowest BCUT2D eigenvalue weighted by Crippen LogP contribution is -2.17. The Bertz CT molecular complexity index is 1870. The molecule has 6 rings (SSSR count). The number of hydrogen-bond acceptors (Lipinski definition) is 6. The summed E-state index contributed by atoms with van der Waals surface area (Å²) in [5, 5.41) is 11.5. The molecule has 2 N–H and O–H groups in total. The van der Waals surface area contributed by atoms with E-state index in [0.717, 1.165) is 28.7 Å². The van der Waals surface area contributed by atoms with E-state index in [1.807, 2.05) is 30.3 Å². The third-order valence-electron chi connectivity index (χ3n) is 7.51. The summed E-state index contributed by atoms with van der Waals surface area (Å²) in [4.78, 5) is 37.2. The first-order chi connectivity index (χ1) is 21.9. The second kappa shape index (κ2) is 13.2. The number of rotatable bonds is 11. The van der Waals surface area contributed by atoms with Crippen molar-refractivity contribution in [2.75, 3.05) is 11.9 Å². The maximum atomic E-state index is 13.4. The number of benzene rings is 5. The highest BCUT2D eigenvalue weighted by Gasteiger charge is 2.22. The molecule has 0 saturated heterocycles. The van der Waals surface area contributed by atoms with Gasteiger partial charge < -0.3 is 19.3 Å². The molecule has 5 aromatic carbocycles. The summed E-state index contributed by atoms with van der Waals surface area (Å²) in [5.74, 6) is -0.452. The zero-order valence-electron chi connectivity index (χ0n) is 24.2. The summed E-state index contributed by atoms with van der Waals surface area (Å²) in [5.41, 5.74) is 7.50. The molecular weight excluding hydrogens is 570 g/mol. The number of amides is 1. The summed E-state index contributed by atoms with van der Waals surface area (Å²) >= 11 is 0. The van der Waals surface area contributed by atoms with Crippen molar-refractivity contribution in [2.45, 2.75) is 19.6 Å². The smallest absolute Gasteiger partial charge is 0.411 e. The van der Waals surface area contributed by atoms with Crippen LogP contribution in [0.1, 0.15) is 38.2 Å². The third kappa shape index (κ3) is 6.86. The average molecular weight is 600 g/mol. The van der Waals surface area contributed by atoms with Crippen LogP contribution in [0.2, 0.25) is 0 Å². The zero-order valence-corrected chi connectivity index (χ0v) is 24.2. The van der Waals surface area contributed by atoms with Crippen LogP contribution >= 0.6 is 0 Å². The first-order valence-corrected chi connectivity index (χ1v) is 14.4. The van der Waals surface area contributed by atoms with Crippen LogP contribution < -0.4 is 14.8 Å². The topological polar surface area (TPSA) is 111 Å². The quantitative estimate of drug-likeness (QED) is 0.151. The van der Waals surface area contributed by atoms with Gasteiger partial charge in [0.25, 0.3) is 0 Å². The molecule has 45 heavy (non-hydrogen) atoms. The molecule has 0 heterocycles. The molecule has 0 aromatic heterocycles. The minimum Gasteiger partial charge on any atom is -0.489 e. The molecule has 0 fully saturated rings. The van der Waals surface area contributed by atoms with E-state index in [0.29, 0.717) is 22.6 Å². The Balaban J connectivity index is 1.17. The van der Waals surface area contributed by atoms with Gasteiger partial charge in [-0.25, -0.2) is 9.59 Å². The summed E-state index contributed by atoms with van der Waals surface area (Å²) in [7, 11) is 0. The van der Waals surface area contributed by atoms with E-state index >= 15 is 0 Å². The summed E-state index contributed by atoms with van der Waals surface area (Å²) < 4.78 is 16.8. The maximum absolute atomic E-state index is 13.4. The molecule has 0 saturated carbocycles. The van der Waals surface area contributed by atoms with Gasteiger partial charge in [0.05, 0.1) is 5.69 Å². The molecule has 0 atom stereocenters. The number of hydrogen-bond donors (Lipinski definition) is 2. The van der Waals surface area contributed by atoms with Crippen LogP contribution in [0.15, 0.2) is 115 Å². The molecule has 5 aromatic rings. The second-order valence-electron chi connectivity index (χ2n) is 10.5. The highest BCUT2D eigenvalue weighted by atomic mass is 16.5. The molecule has 1 aliphatic carbocycles. The fraction of sp³-hybridized carbons (Fsp3) is 0.108. The minimum atomic E-state index is -1.06. The van der Waals surface area contributed by atoms with Gasteiger partial charge in [0.2, 0.25) is 0 Å². The number of anilines is 1. The van der Waals surface area contributed by atoms with E-state index in [1.165, 1.54) is 11.1 Å². The summed E-state index contributed by atoms with van der Waals surface area (Å²) in [6.07, 6.45) is 0.0826. The van der Waals surface area contributed by atoms with Crippen LogP contribution in [0.4, 0.5) is 10.5 Å². The van der Waals surface area contributed by atoms with Crippen molar-refractivity contribution < 1.29 is 33.7 Å². The first-order valence-electron chi connectivity index (χ1n) is 14.4. The number of aliphatic carboxylic acids is 1. The molecule has 0 spiro atoms. The van der Waals surface area contributed by atoms with E-state index in [1.54, 1.807) is 66.7 Å². The molecular formula is C37H29NO7. The van der Waals surface area contributed by atoms with Crippen LogP contribution in [0.5, 0.6) is 11.5 Å². The molecule has 0 aliphatic heterocycles. The lowest BCUT2D eigenvalue weighted by atomic mass is 10.0. The highest BCUT2D eigenvalue weighted by Crippen LogP contribution is 2.38. The fourth-order valence-electron chi connectivity index (χ4n) is 5.30. The monoisotopic (exact) mass is 599 g/mol. The molecule has 1 aliphatic rings. The van der Waals surface area contributed by atoms with Gasteiger partial charge in [0.15, 0.2) is 12.4 Å². The maximum Gasteiger partial charge on any atom is 0.411 e. The van der Waals surface area contributed by atoms with Gasteiger partial charge in [-0.1, -0.05) is 84.9 Å². The fourth-order valence-corrected chi connectivity index (χ4v) is 5.30. The van der Waals surface area contributed by atoms with Gasteiger partial charge in [0.1, 0.15) is 24.7 Å². The number of carboxylic acid groups (broad SMARTS) is 1. The lowest BCUT2D eigenvalue weighted by Gasteiger charge is -2.15. The normalized spacial score (nSPS) is 11.2. The number of carboxylic acids is 1. The highest BCUT2D eigenvalue weighted by molar-refractivity contribution is 6.13. The number of fused-ring (bicyclic) bond motifs is 3. The van der Waals surface area contributed by atoms with Crippen LogP contribution in [-0.4, -0.2) is 29.6 Å². The summed E-state index contributed by atoms with van der Waals surface area (Å²) in [6.45, 7) is -0.159. The Morgan fingerprint density at radius 2 is 1.44 bits per heavy atom. The third-order valence-corrected chi connectivity index (χ3v) is 7.51. The van der Waals surface area contributed by atoms with Crippen LogP contribution in [0.3, 0.4) is 0 Å². The Kier molecular flexibility index (Phi) is 8.55. The number of carbonyl (C=O) groups excluding carboxylic acids is 2. The Labute approximate surface area is 259 Å². The Morgan fingerprint density at radius 3 is 2.24 bits per heavy atom. The van der Waals surface area contributed by atoms with Gasteiger partial charge in [0, 0.05) is 17.2 Å². The van der Waals surface area contributed by atoms with Gasteiger partial charge in [-0.05, 0) is 64.1 Å². The molecule has 224 valence electrons. The Morgan fingerprint density at radius 1 is 0.711 bits per heavy atom. The zero-order chi connectivity index (χ0) is 31.2. The first kappa shape index (κ1) is 29.2. The lowest BCUT2D eigenvalue weighted by molar-refractivity contribution is -0.139. The molecule has 8 heteroatoms. The molecule has 1 amide bonds. The van der Waals surface area contributed by atoms with Crippen molar-refractivity contribution in [3.8, 4) is 22.6 Å². The van der Waals surface area contributed by atoms with E-state index < -0.39 is 18.7 Å². The Hall–Kier alpha value is -5.89. The van der Waals surface area contributed by atoms with Crippen LogP contribution in [0, 0.1) is 0 Å². The van der Waals surface area contributed by atoms with Crippen molar-refractivity contribution in [1.29, 1.82) is 0 Å². The predicted molar refractivity (Wildman–Crippen MR) is 169 cm³/mol. The minimum absolute atomic E-state index is 0.0767. The standard InChI is InChI=1S/C37H29NO7/c39-35(40)23-44-28-15-13-24(14-16-28)21-43-29-17-18-32(36(41)25-7-2-1-3-8-25)34(20-29)38-37(42)45-22-27-10-6-12-31-30-11-5-4-9-26(30)19-33(27)31/h1-18,20H,19,21-23H2,(H,38,42)(H,39,40). The molecule has 0 bridgehead atoms. The van der Waals surface area contributed by atoms with Gasteiger partial charge in [-0.2, -0.15) is 0 Å². The number of ketones is 1. The molecule has 8 nitrogen and oxygen atoms in total. The largest absolute Gasteiger partial charge is 0.489 e. The van der Waals surface area contributed by atoms with E-state index in [-0.39, 0.29) is 24.7 Å². The number of nitrogens with one attached hydrogen (secondary N) is 1. The average Bonchev–Trinajstić information content (AvgIpc) is 3.45. The van der Waals surface area contributed by atoms with Crippen molar-refractivity contribution in [3.05, 3.63) is 149 Å². The van der Waals surface area contributed by atoms with Crippen molar-refractivity contribution in [3.63, 3.8) is 0 Å². The predicted octanol–water partition coefficient (Wildman–Crippen LogP) is 7.28. The SMILES string of the molecule is O=C(O)COc1ccc(COc2ccc(C(=O)c3ccccc3)c(NC(=O)OCc3cccc4c3Cc3ccccc3-4)c2)cc1. The molecule has 0 radical (unpaired) electrons. The van der Waals surface area contributed by atoms with Crippen molar-refractivity contribution in [2.24, 2.45) is 0 Å². The van der Waals surface area contributed by atoms with E-state index in [9.17, 15) is 14.4 Å². The van der Waals surface area contributed by atoms with Gasteiger partial charge >= 0.3 is 12.1 Å². The van der Waals surface area contributed by atoms with E-state index in [4.69, 9.17) is 19.3 Å². The number of ether oxygens (including phenoxy) is 3. The second-order valence-corrected chi connectivity index (χ2v) is 10.5. The van der Waals surface area contributed by atoms with Crippen molar-refractivity contribution in [1.82, 2.24) is 0 Å². The van der Waals surface area contributed by atoms with E-state index in [2.05, 4.69) is 23.5 Å². The van der Waals surface area contributed by atoms with Crippen LogP contribution in [0.25, 0.3) is 11.1 Å². The molecule has 0 unspecified atom stereocenters. The van der Waals surface area contributed by atoms with Gasteiger partial charge in [-0.3, -0.25) is 10.1 Å². The van der Waals surface area contributed by atoms with Gasteiger partial charge in [-0.15, -0.1) is 0 Å². The summed E-state index contributed by atoms with van der Waals surface area (Å²) in [6, 6.07) is 34.8. The number of carbonyl (C=O) groups is 3. The van der Waals surface area contributed by atoms with Crippen LogP contribution in [-0.2, 0) is 29.2 Å². The van der Waals surface area contributed by atoms with Crippen molar-refractivity contribution >= 4 is 23.5 Å².